The van der Waals surface area contributed by atoms with Crippen molar-refractivity contribution in [2.45, 2.75) is 33.7 Å². The van der Waals surface area contributed by atoms with Crippen LogP contribution in [0.2, 0.25) is 0 Å². The molecule has 1 aromatic carbocycles. The molecule has 0 radical (unpaired) electrons. The van der Waals surface area contributed by atoms with Gasteiger partial charge in [-0.2, -0.15) is 0 Å². The van der Waals surface area contributed by atoms with Gasteiger partial charge in [0, 0.05) is 25.3 Å². The Morgan fingerprint density at radius 2 is 2.11 bits per heavy atom. The van der Waals surface area contributed by atoms with Crippen molar-refractivity contribution in [3.63, 3.8) is 0 Å². The molecular weight excluding hydrogens is 226 g/mol. The number of aromatic hydroxyl groups is 1. The molecule has 0 fully saturated rings. The summed E-state index contributed by atoms with van der Waals surface area (Å²) in [5.41, 5.74) is 2.13. The van der Waals surface area contributed by atoms with Crippen molar-refractivity contribution in [1.82, 2.24) is 5.32 Å². The molecule has 0 aromatic heterocycles. The van der Waals surface area contributed by atoms with Crippen LogP contribution >= 0.6 is 0 Å². The minimum absolute atomic E-state index is 0.365. The van der Waals surface area contributed by atoms with E-state index in [1.165, 1.54) is 5.56 Å². The fourth-order valence-corrected chi connectivity index (χ4v) is 1.70. The third kappa shape index (κ3) is 6.03. The average Bonchev–Trinajstić information content (AvgIpc) is 2.32. The second-order valence-corrected chi connectivity index (χ2v) is 5.13. The van der Waals surface area contributed by atoms with Gasteiger partial charge in [-0.25, -0.2) is 0 Å². The Labute approximate surface area is 110 Å². The summed E-state index contributed by atoms with van der Waals surface area (Å²) in [6.45, 7) is 9.58. The highest BCUT2D eigenvalue weighted by molar-refractivity contribution is 5.35. The molecule has 0 saturated carbocycles. The maximum atomic E-state index is 9.67. The van der Waals surface area contributed by atoms with Gasteiger partial charge in [-0.05, 0) is 31.9 Å². The summed E-state index contributed by atoms with van der Waals surface area (Å²) < 4.78 is 5.50. The second kappa shape index (κ2) is 8.11. The molecular formula is C15H25NO2. The third-order valence-electron chi connectivity index (χ3n) is 2.64. The van der Waals surface area contributed by atoms with Crippen molar-refractivity contribution in [3.05, 3.63) is 29.3 Å². The zero-order chi connectivity index (χ0) is 13.4. The Balaban J connectivity index is 2.12. The van der Waals surface area contributed by atoms with E-state index < -0.39 is 0 Å². The molecule has 1 aromatic rings. The molecule has 0 amide bonds. The molecule has 0 unspecified atom stereocenters. The number of hydrogen-bond donors (Lipinski definition) is 2. The number of rotatable bonds is 8. The summed E-state index contributed by atoms with van der Waals surface area (Å²) in [5.74, 6) is 0.964. The summed E-state index contributed by atoms with van der Waals surface area (Å²) in [7, 11) is 0. The second-order valence-electron chi connectivity index (χ2n) is 5.13. The molecule has 0 aliphatic rings. The summed E-state index contributed by atoms with van der Waals surface area (Å²) in [4.78, 5) is 0. The molecule has 0 atom stereocenters. The summed E-state index contributed by atoms with van der Waals surface area (Å²) >= 11 is 0. The first kappa shape index (κ1) is 15.0. The first-order chi connectivity index (χ1) is 8.59. The lowest BCUT2D eigenvalue weighted by atomic mass is 10.1. The fraction of sp³-hybridized carbons (Fsp3) is 0.600. The van der Waals surface area contributed by atoms with Crippen LogP contribution in [0.25, 0.3) is 0 Å². The van der Waals surface area contributed by atoms with Gasteiger partial charge in [0.1, 0.15) is 5.75 Å². The first-order valence-corrected chi connectivity index (χ1v) is 6.66. The predicted octanol–water partition coefficient (Wildman–Crippen LogP) is 2.85. The Morgan fingerprint density at radius 1 is 1.33 bits per heavy atom. The van der Waals surface area contributed by atoms with Crippen LogP contribution in [-0.2, 0) is 11.3 Å². The van der Waals surface area contributed by atoms with E-state index in [0.717, 1.165) is 31.7 Å². The Kier molecular flexibility index (Phi) is 6.76. The van der Waals surface area contributed by atoms with E-state index in [1.807, 2.05) is 19.1 Å². The number of nitrogens with one attached hydrogen (secondary N) is 1. The molecule has 1 rings (SSSR count). The van der Waals surface area contributed by atoms with Gasteiger partial charge in [0.2, 0.25) is 0 Å². The molecule has 0 bridgehead atoms. The highest BCUT2D eigenvalue weighted by Crippen LogP contribution is 2.17. The van der Waals surface area contributed by atoms with E-state index in [1.54, 1.807) is 6.07 Å². The van der Waals surface area contributed by atoms with Crippen molar-refractivity contribution in [2.24, 2.45) is 5.92 Å². The molecule has 0 aliphatic heterocycles. The van der Waals surface area contributed by atoms with E-state index in [4.69, 9.17) is 4.74 Å². The van der Waals surface area contributed by atoms with Gasteiger partial charge in [0.15, 0.2) is 0 Å². The molecule has 3 nitrogen and oxygen atoms in total. The zero-order valence-electron chi connectivity index (χ0n) is 11.7. The van der Waals surface area contributed by atoms with E-state index in [0.29, 0.717) is 18.2 Å². The minimum atomic E-state index is 0.365. The smallest absolute Gasteiger partial charge is 0.120 e. The lowest BCUT2D eigenvalue weighted by Gasteiger charge is -2.09. The van der Waals surface area contributed by atoms with Gasteiger partial charge >= 0.3 is 0 Å². The lowest BCUT2D eigenvalue weighted by Crippen LogP contribution is -2.17. The molecule has 102 valence electrons. The van der Waals surface area contributed by atoms with Gasteiger partial charge in [0.05, 0.1) is 0 Å². The highest BCUT2D eigenvalue weighted by atomic mass is 16.5. The van der Waals surface area contributed by atoms with Crippen LogP contribution in [0.5, 0.6) is 5.75 Å². The molecule has 0 aliphatic carbocycles. The Bertz CT molecular complexity index is 350. The Hall–Kier alpha value is -1.06. The number of ether oxygens (including phenoxy) is 1. The predicted molar refractivity (Wildman–Crippen MR) is 74.8 cm³/mol. The number of phenolic OH excluding ortho intramolecular Hbond substituents is 1. The van der Waals surface area contributed by atoms with Crippen molar-refractivity contribution in [2.75, 3.05) is 19.8 Å². The molecule has 2 N–H and O–H groups in total. The molecule has 18 heavy (non-hydrogen) atoms. The first-order valence-electron chi connectivity index (χ1n) is 6.66. The third-order valence-corrected chi connectivity index (χ3v) is 2.64. The zero-order valence-corrected chi connectivity index (χ0v) is 11.7. The maximum absolute atomic E-state index is 9.67. The standard InChI is InChI=1S/C15H25NO2/c1-12(2)11-18-8-4-7-16-10-14-9-13(3)5-6-15(14)17/h5-6,9,12,16-17H,4,7-8,10-11H2,1-3H3. The monoisotopic (exact) mass is 251 g/mol. The van der Waals surface area contributed by atoms with Crippen LogP contribution in [0.3, 0.4) is 0 Å². The van der Waals surface area contributed by atoms with Crippen LogP contribution in [-0.4, -0.2) is 24.9 Å². The van der Waals surface area contributed by atoms with Crippen molar-refractivity contribution >= 4 is 0 Å². The molecule has 0 saturated heterocycles. The lowest BCUT2D eigenvalue weighted by molar-refractivity contribution is 0.108. The minimum Gasteiger partial charge on any atom is -0.508 e. The summed E-state index contributed by atoms with van der Waals surface area (Å²) in [6.07, 6.45) is 0.999. The van der Waals surface area contributed by atoms with E-state index >= 15 is 0 Å². The van der Waals surface area contributed by atoms with Crippen molar-refractivity contribution in [3.8, 4) is 5.75 Å². The van der Waals surface area contributed by atoms with Crippen LogP contribution in [0.1, 0.15) is 31.4 Å². The number of benzene rings is 1. The Morgan fingerprint density at radius 3 is 2.83 bits per heavy atom. The van der Waals surface area contributed by atoms with Crippen molar-refractivity contribution in [1.29, 1.82) is 0 Å². The van der Waals surface area contributed by atoms with Gasteiger partial charge in [-0.3, -0.25) is 0 Å². The van der Waals surface area contributed by atoms with E-state index in [2.05, 4.69) is 19.2 Å². The number of hydrogen-bond acceptors (Lipinski definition) is 3. The topological polar surface area (TPSA) is 41.5 Å². The van der Waals surface area contributed by atoms with Gasteiger partial charge in [-0.1, -0.05) is 31.5 Å². The average molecular weight is 251 g/mol. The van der Waals surface area contributed by atoms with Gasteiger partial charge in [-0.15, -0.1) is 0 Å². The van der Waals surface area contributed by atoms with Crippen LogP contribution in [0.15, 0.2) is 18.2 Å². The molecule has 0 spiro atoms. The quantitative estimate of drug-likeness (QED) is 0.698. The highest BCUT2D eigenvalue weighted by Gasteiger charge is 2.00. The van der Waals surface area contributed by atoms with E-state index in [9.17, 15) is 5.11 Å². The van der Waals surface area contributed by atoms with Gasteiger partial charge < -0.3 is 15.2 Å². The number of aryl methyl sites for hydroxylation is 1. The van der Waals surface area contributed by atoms with Crippen LogP contribution in [0.4, 0.5) is 0 Å². The van der Waals surface area contributed by atoms with E-state index in [-0.39, 0.29) is 0 Å². The normalized spacial score (nSPS) is 11.1. The van der Waals surface area contributed by atoms with Crippen LogP contribution < -0.4 is 5.32 Å². The SMILES string of the molecule is Cc1ccc(O)c(CNCCCOCC(C)C)c1. The van der Waals surface area contributed by atoms with Gasteiger partial charge in [0.25, 0.3) is 0 Å². The van der Waals surface area contributed by atoms with Crippen LogP contribution in [0, 0.1) is 12.8 Å². The number of phenols is 1. The molecule has 3 heteroatoms. The summed E-state index contributed by atoms with van der Waals surface area (Å²) in [6, 6.07) is 5.67. The molecule has 0 heterocycles. The maximum Gasteiger partial charge on any atom is 0.120 e. The largest absolute Gasteiger partial charge is 0.508 e. The fourth-order valence-electron chi connectivity index (χ4n) is 1.70. The summed E-state index contributed by atoms with van der Waals surface area (Å²) in [5, 5.41) is 13.0. The van der Waals surface area contributed by atoms with Crippen molar-refractivity contribution < 1.29 is 9.84 Å².